The first-order valence-electron chi connectivity index (χ1n) is 9.26. The fourth-order valence-electron chi connectivity index (χ4n) is 2.54. The molecule has 4 nitrogen and oxygen atoms in total. The van der Waals surface area contributed by atoms with Gasteiger partial charge in [0.25, 0.3) is 0 Å². The lowest BCUT2D eigenvalue weighted by molar-refractivity contribution is 0.144. The van der Waals surface area contributed by atoms with E-state index in [0.29, 0.717) is 13.2 Å². The summed E-state index contributed by atoms with van der Waals surface area (Å²) in [5.74, 6) is 1.11. The number of furan rings is 1. The quantitative estimate of drug-likeness (QED) is 0.462. The van der Waals surface area contributed by atoms with Crippen LogP contribution in [-0.4, -0.2) is 19.2 Å². The van der Waals surface area contributed by atoms with Crippen LogP contribution in [0.2, 0.25) is 0 Å². The van der Waals surface area contributed by atoms with Crippen molar-refractivity contribution in [2.45, 2.75) is 77.6 Å². The molecule has 0 unspecified atom stereocenters. The summed E-state index contributed by atoms with van der Waals surface area (Å²) < 4.78 is 10.4. The van der Waals surface area contributed by atoms with E-state index in [9.17, 15) is 4.79 Å². The molecule has 4 heteroatoms. The van der Waals surface area contributed by atoms with Crippen LogP contribution in [0, 0.1) is 0 Å². The van der Waals surface area contributed by atoms with Crippen LogP contribution in [-0.2, 0) is 11.2 Å². The van der Waals surface area contributed by atoms with Crippen LogP contribution < -0.4 is 5.32 Å². The largest absolute Gasteiger partial charge is 0.469 e. The van der Waals surface area contributed by atoms with Crippen LogP contribution in [0.5, 0.6) is 0 Å². The molecule has 0 fully saturated rings. The van der Waals surface area contributed by atoms with Gasteiger partial charge in [-0.05, 0) is 31.4 Å². The first kappa shape index (κ1) is 19.6. The van der Waals surface area contributed by atoms with Gasteiger partial charge in [-0.2, -0.15) is 0 Å². The Bertz CT molecular complexity index is 376. The fraction of sp³-hybridized carbons (Fsp3) is 0.737. The lowest BCUT2D eigenvalue weighted by Crippen LogP contribution is -2.25. The predicted molar refractivity (Wildman–Crippen MR) is 93.6 cm³/mol. The highest BCUT2D eigenvalue weighted by Gasteiger charge is 1.99. The Hall–Kier alpha value is -1.45. The molecule has 0 bridgehead atoms. The third kappa shape index (κ3) is 11.7. The standard InChI is InChI=1S/C19H33NO3/c1-2-15-20-19(21)23-16-11-9-7-5-3-4-6-8-10-13-18-14-12-17-22-18/h12,14,17H,2-11,13,15-16H2,1H3,(H,20,21). The van der Waals surface area contributed by atoms with Crippen molar-refractivity contribution in [2.75, 3.05) is 13.2 Å². The van der Waals surface area contributed by atoms with Gasteiger partial charge in [0, 0.05) is 13.0 Å². The summed E-state index contributed by atoms with van der Waals surface area (Å²) in [5, 5.41) is 2.71. The zero-order valence-electron chi connectivity index (χ0n) is 14.6. The predicted octanol–water partition coefficient (Wildman–Crippen LogP) is 5.47. The SMILES string of the molecule is CCCNC(=O)OCCCCCCCCCCCc1ccco1. The van der Waals surface area contributed by atoms with Crippen molar-refractivity contribution in [1.82, 2.24) is 5.32 Å². The average Bonchev–Trinajstić information content (AvgIpc) is 3.07. The molecule has 0 atom stereocenters. The lowest BCUT2D eigenvalue weighted by Gasteiger charge is -2.06. The second-order valence-electron chi connectivity index (χ2n) is 6.07. The van der Waals surface area contributed by atoms with E-state index >= 15 is 0 Å². The molecular weight excluding hydrogens is 290 g/mol. The van der Waals surface area contributed by atoms with Crippen LogP contribution in [0.3, 0.4) is 0 Å². The summed E-state index contributed by atoms with van der Waals surface area (Å²) >= 11 is 0. The van der Waals surface area contributed by atoms with E-state index in [-0.39, 0.29) is 6.09 Å². The number of amides is 1. The van der Waals surface area contributed by atoms with E-state index in [1.807, 2.05) is 13.0 Å². The number of hydrogen-bond acceptors (Lipinski definition) is 3. The molecule has 0 radical (unpaired) electrons. The summed E-state index contributed by atoms with van der Waals surface area (Å²) in [4.78, 5) is 11.2. The van der Waals surface area contributed by atoms with E-state index in [4.69, 9.17) is 9.15 Å². The number of rotatable bonds is 14. The van der Waals surface area contributed by atoms with Gasteiger partial charge in [-0.25, -0.2) is 4.79 Å². The van der Waals surface area contributed by atoms with Gasteiger partial charge in [0.05, 0.1) is 12.9 Å². The summed E-state index contributed by atoms with van der Waals surface area (Å²) in [6, 6.07) is 4.01. The molecule has 0 saturated carbocycles. The van der Waals surface area contributed by atoms with Crippen LogP contribution in [0.15, 0.2) is 22.8 Å². The van der Waals surface area contributed by atoms with Crippen molar-refractivity contribution in [1.29, 1.82) is 0 Å². The Kier molecular flexibility index (Phi) is 12.1. The van der Waals surface area contributed by atoms with E-state index in [0.717, 1.165) is 31.4 Å². The zero-order chi connectivity index (χ0) is 16.6. The molecule has 0 spiro atoms. The topological polar surface area (TPSA) is 51.5 Å². The highest BCUT2D eigenvalue weighted by atomic mass is 16.5. The minimum Gasteiger partial charge on any atom is -0.469 e. The second kappa shape index (κ2) is 14.2. The Morgan fingerprint density at radius 3 is 2.30 bits per heavy atom. The van der Waals surface area contributed by atoms with Crippen LogP contribution in [0.4, 0.5) is 4.79 Å². The third-order valence-corrected chi connectivity index (χ3v) is 3.90. The van der Waals surface area contributed by atoms with Crippen molar-refractivity contribution in [2.24, 2.45) is 0 Å². The van der Waals surface area contributed by atoms with Gasteiger partial charge in [0.15, 0.2) is 0 Å². The van der Waals surface area contributed by atoms with Crippen LogP contribution >= 0.6 is 0 Å². The molecular formula is C19H33NO3. The Balaban J connectivity index is 1.74. The molecule has 1 aromatic rings. The monoisotopic (exact) mass is 323 g/mol. The summed E-state index contributed by atoms with van der Waals surface area (Å²) in [7, 11) is 0. The van der Waals surface area contributed by atoms with Gasteiger partial charge >= 0.3 is 6.09 Å². The molecule has 0 aromatic carbocycles. The van der Waals surface area contributed by atoms with Gasteiger partial charge in [-0.1, -0.05) is 51.9 Å². The average molecular weight is 323 g/mol. The van der Waals surface area contributed by atoms with Crippen molar-refractivity contribution in [3.05, 3.63) is 24.2 Å². The highest BCUT2D eigenvalue weighted by molar-refractivity contribution is 5.66. The Morgan fingerprint density at radius 1 is 1.04 bits per heavy atom. The molecule has 0 aliphatic heterocycles. The number of hydrogen-bond donors (Lipinski definition) is 1. The Morgan fingerprint density at radius 2 is 1.70 bits per heavy atom. The molecule has 1 amide bonds. The number of alkyl carbamates (subject to hydrolysis) is 1. The lowest BCUT2D eigenvalue weighted by atomic mass is 10.1. The van der Waals surface area contributed by atoms with E-state index in [1.165, 1.54) is 44.9 Å². The smallest absolute Gasteiger partial charge is 0.407 e. The van der Waals surface area contributed by atoms with Crippen LogP contribution in [0.1, 0.15) is 76.9 Å². The number of aryl methyl sites for hydroxylation is 1. The van der Waals surface area contributed by atoms with E-state index in [2.05, 4.69) is 11.4 Å². The molecule has 1 rings (SSSR count). The molecule has 0 aliphatic carbocycles. The van der Waals surface area contributed by atoms with Crippen molar-refractivity contribution in [3.63, 3.8) is 0 Å². The first-order chi connectivity index (χ1) is 11.3. The molecule has 0 saturated heterocycles. The fourth-order valence-corrected chi connectivity index (χ4v) is 2.54. The number of ether oxygens (including phenoxy) is 1. The normalized spacial score (nSPS) is 10.7. The van der Waals surface area contributed by atoms with Crippen molar-refractivity contribution < 1.29 is 13.9 Å². The minimum absolute atomic E-state index is 0.276. The molecule has 1 heterocycles. The number of nitrogens with one attached hydrogen (secondary N) is 1. The Labute approximate surface area is 141 Å². The minimum atomic E-state index is -0.276. The molecule has 0 aliphatic rings. The first-order valence-corrected chi connectivity index (χ1v) is 9.26. The number of carbonyl (C=O) groups is 1. The van der Waals surface area contributed by atoms with Gasteiger partial charge in [0.2, 0.25) is 0 Å². The summed E-state index contributed by atoms with van der Waals surface area (Å²) in [5.41, 5.74) is 0. The number of carbonyl (C=O) groups excluding carboxylic acids is 1. The third-order valence-electron chi connectivity index (χ3n) is 3.90. The van der Waals surface area contributed by atoms with Gasteiger partial charge in [0.1, 0.15) is 5.76 Å². The number of unbranched alkanes of at least 4 members (excludes halogenated alkanes) is 8. The van der Waals surface area contributed by atoms with E-state index in [1.54, 1.807) is 6.26 Å². The summed E-state index contributed by atoms with van der Waals surface area (Å²) in [6.45, 7) is 3.27. The highest BCUT2D eigenvalue weighted by Crippen LogP contribution is 2.12. The molecule has 1 aromatic heterocycles. The maximum absolute atomic E-state index is 11.2. The molecule has 132 valence electrons. The zero-order valence-corrected chi connectivity index (χ0v) is 14.6. The van der Waals surface area contributed by atoms with E-state index < -0.39 is 0 Å². The maximum atomic E-state index is 11.2. The van der Waals surface area contributed by atoms with Gasteiger partial charge in [-0.3, -0.25) is 0 Å². The maximum Gasteiger partial charge on any atom is 0.407 e. The molecule has 23 heavy (non-hydrogen) atoms. The molecule has 1 N–H and O–H groups in total. The summed E-state index contributed by atoms with van der Waals surface area (Å²) in [6.07, 6.45) is 14.6. The second-order valence-corrected chi connectivity index (χ2v) is 6.07. The van der Waals surface area contributed by atoms with Crippen LogP contribution in [0.25, 0.3) is 0 Å². The van der Waals surface area contributed by atoms with Crippen molar-refractivity contribution in [3.8, 4) is 0 Å². The van der Waals surface area contributed by atoms with Gasteiger partial charge in [-0.15, -0.1) is 0 Å². The van der Waals surface area contributed by atoms with Gasteiger partial charge < -0.3 is 14.5 Å². The van der Waals surface area contributed by atoms with Crippen molar-refractivity contribution >= 4 is 6.09 Å².